The molecule has 5 rings (SSSR count). The van der Waals surface area contributed by atoms with Crippen LogP contribution >= 0.6 is 0 Å². The Hall–Kier alpha value is -3.22. The molecular formula is C23H25N5O2. The molecule has 0 N–H and O–H groups in total. The number of rotatable bonds is 6. The molecule has 0 spiro atoms. The van der Waals surface area contributed by atoms with E-state index in [1.54, 1.807) is 10.8 Å². The van der Waals surface area contributed by atoms with Crippen LogP contribution in [0.5, 0.6) is 0 Å². The highest BCUT2D eigenvalue weighted by Gasteiger charge is 2.29. The molecule has 7 nitrogen and oxygen atoms in total. The summed E-state index contributed by atoms with van der Waals surface area (Å²) in [6, 6.07) is 11.6. The summed E-state index contributed by atoms with van der Waals surface area (Å²) in [5.41, 5.74) is 2.02. The van der Waals surface area contributed by atoms with Crippen molar-refractivity contribution in [2.45, 2.75) is 52.2 Å². The van der Waals surface area contributed by atoms with Crippen molar-refractivity contribution in [2.24, 2.45) is 5.92 Å². The Morgan fingerprint density at radius 1 is 1.03 bits per heavy atom. The van der Waals surface area contributed by atoms with Crippen LogP contribution in [0.3, 0.4) is 0 Å². The van der Waals surface area contributed by atoms with Gasteiger partial charge in [0.2, 0.25) is 0 Å². The first-order chi connectivity index (χ1) is 14.5. The maximum atomic E-state index is 13.3. The van der Waals surface area contributed by atoms with Gasteiger partial charge in [-0.15, -0.1) is 0 Å². The van der Waals surface area contributed by atoms with Crippen LogP contribution in [-0.4, -0.2) is 23.7 Å². The molecule has 0 saturated heterocycles. The lowest BCUT2D eigenvalue weighted by molar-refractivity contribution is 0.500. The fraction of sp³-hybridized carbons (Fsp3) is 0.391. The molecule has 0 amide bonds. The maximum absolute atomic E-state index is 13.3. The fourth-order valence-electron chi connectivity index (χ4n) is 4.10. The van der Waals surface area contributed by atoms with Crippen LogP contribution in [0.1, 0.15) is 45.0 Å². The van der Waals surface area contributed by atoms with Gasteiger partial charge in [-0.2, -0.15) is 4.98 Å². The van der Waals surface area contributed by atoms with Gasteiger partial charge in [-0.3, -0.25) is 13.9 Å². The Morgan fingerprint density at radius 3 is 2.57 bits per heavy atom. The predicted molar refractivity (Wildman–Crippen MR) is 117 cm³/mol. The summed E-state index contributed by atoms with van der Waals surface area (Å²) in [4.78, 5) is 34.9. The van der Waals surface area contributed by atoms with Crippen LogP contribution in [0, 0.1) is 5.92 Å². The summed E-state index contributed by atoms with van der Waals surface area (Å²) < 4.78 is 5.60. The number of fused-ring (bicyclic) bond motifs is 2. The first-order valence-corrected chi connectivity index (χ1v) is 10.6. The molecule has 7 heteroatoms. The van der Waals surface area contributed by atoms with Crippen molar-refractivity contribution in [2.75, 3.05) is 0 Å². The van der Waals surface area contributed by atoms with Gasteiger partial charge in [-0.05, 0) is 49.4 Å². The van der Waals surface area contributed by atoms with Gasteiger partial charge >= 0.3 is 5.69 Å². The number of nitrogens with zero attached hydrogens (tertiary/aromatic N) is 5. The quantitative estimate of drug-likeness (QED) is 0.495. The second kappa shape index (κ2) is 7.23. The molecule has 1 aliphatic rings. The van der Waals surface area contributed by atoms with Crippen molar-refractivity contribution in [1.82, 2.24) is 23.7 Å². The zero-order valence-electron chi connectivity index (χ0n) is 17.3. The molecule has 0 atom stereocenters. The van der Waals surface area contributed by atoms with E-state index in [-0.39, 0.29) is 23.8 Å². The molecule has 0 radical (unpaired) electrons. The van der Waals surface area contributed by atoms with Gasteiger partial charge in [0.05, 0.1) is 23.0 Å². The summed E-state index contributed by atoms with van der Waals surface area (Å²) in [5.74, 6) is 1.11. The summed E-state index contributed by atoms with van der Waals surface area (Å²) in [6.07, 6.45) is 4.69. The maximum Gasteiger partial charge on any atom is 0.331 e. The smallest absolute Gasteiger partial charge is 0.327 e. The Balaban J connectivity index is 1.69. The highest BCUT2D eigenvalue weighted by Crippen LogP contribution is 2.35. The lowest BCUT2D eigenvalue weighted by Gasteiger charge is -2.17. The van der Waals surface area contributed by atoms with Crippen LogP contribution in [0.15, 0.2) is 52.2 Å². The van der Waals surface area contributed by atoms with Crippen molar-refractivity contribution in [3.05, 3.63) is 69.3 Å². The Bertz CT molecular complexity index is 1360. The monoisotopic (exact) mass is 403 g/mol. The van der Waals surface area contributed by atoms with Crippen LogP contribution in [0.4, 0.5) is 0 Å². The van der Waals surface area contributed by atoms with E-state index in [1.165, 1.54) is 0 Å². The SMILES string of the molecule is CC(C)CCn1c(Cn2c(=O)n(C3CC3)c3cccnc32)nc(=O)c2ccccc21. The highest BCUT2D eigenvalue weighted by atomic mass is 16.2. The van der Waals surface area contributed by atoms with E-state index in [2.05, 4.69) is 28.4 Å². The number of para-hydroxylation sites is 1. The molecule has 0 unspecified atom stereocenters. The molecule has 3 aromatic heterocycles. The Kier molecular flexibility index (Phi) is 4.53. The topological polar surface area (TPSA) is 74.7 Å². The lowest BCUT2D eigenvalue weighted by atomic mass is 10.1. The minimum atomic E-state index is -0.256. The molecule has 1 aromatic carbocycles. The average Bonchev–Trinajstić information content (AvgIpc) is 3.53. The molecule has 154 valence electrons. The van der Waals surface area contributed by atoms with Gasteiger partial charge in [0.1, 0.15) is 5.82 Å². The van der Waals surface area contributed by atoms with Crippen LogP contribution in [0.2, 0.25) is 0 Å². The number of benzene rings is 1. The van der Waals surface area contributed by atoms with E-state index in [4.69, 9.17) is 0 Å². The summed E-state index contributed by atoms with van der Waals surface area (Å²) in [6.45, 7) is 5.32. The average molecular weight is 403 g/mol. The van der Waals surface area contributed by atoms with Crippen molar-refractivity contribution in [3.63, 3.8) is 0 Å². The van der Waals surface area contributed by atoms with Crippen molar-refractivity contribution in [1.29, 1.82) is 0 Å². The van der Waals surface area contributed by atoms with E-state index in [9.17, 15) is 9.59 Å². The minimum Gasteiger partial charge on any atom is -0.327 e. The summed E-state index contributed by atoms with van der Waals surface area (Å²) >= 11 is 0. The molecule has 4 aromatic rings. The second-order valence-electron chi connectivity index (χ2n) is 8.50. The lowest BCUT2D eigenvalue weighted by Crippen LogP contribution is -2.28. The van der Waals surface area contributed by atoms with Gasteiger partial charge in [0.25, 0.3) is 5.56 Å². The number of hydrogen-bond donors (Lipinski definition) is 0. The zero-order chi connectivity index (χ0) is 20.8. The normalized spacial score (nSPS) is 14.2. The first kappa shape index (κ1) is 18.8. The van der Waals surface area contributed by atoms with Gasteiger partial charge in [0, 0.05) is 18.8 Å². The number of pyridine rings is 1. The summed E-state index contributed by atoms with van der Waals surface area (Å²) in [7, 11) is 0. The molecule has 3 heterocycles. The second-order valence-corrected chi connectivity index (χ2v) is 8.50. The van der Waals surface area contributed by atoms with Crippen LogP contribution in [0.25, 0.3) is 22.1 Å². The number of imidazole rings is 1. The Labute approximate surface area is 173 Å². The van der Waals surface area contributed by atoms with E-state index in [0.717, 1.165) is 36.8 Å². The molecule has 0 bridgehead atoms. The molecule has 1 fully saturated rings. The van der Waals surface area contributed by atoms with E-state index in [1.807, 2.05) is 41.0 Å². The van der Waals surface area contributed by atoms with Gasteiger partial charge < -0.3 is 4.57 Å². The fourth-order valence-corrected chi connectivity index (χ4v) is 4.10. The van der Waals surface area contributed by atoms with Crippen molar-refractivity contribution >= 4 is 22.1 Å². The predicted octanol–water partition coefficient (Wildman–Crippen LogP) is 3.34. The summed E-state index contributed by atoms with van der Waals surface area (Å²) in [5, 5.41) is 0.607. The molecule has 30 heavy (non-hydrogen) atoms. The number of aromatic nitrogens is 5. The van der Waals surface area contributed by atoms with Gasteiger partial charge in [-0.1, -0.05) is 26.0 Å². The van der Waals surface area contributed by atoms with Crippen LogP contribution in [-0.2, 0) is 13.1 Å². The van der Waals surface area contributed by atoms with Gasteiger partial charge in [-0.25, -0.2) is 9.78 Å². The molecule has 0 aliphatic heterocycles. The third-order valence-electron chi connectivity index (χ3n) is 5.83. The number of aryl methyl sites for hydroxylation is 1. The van der Waals surface area contributed by atoms with E-state index < -0.39 is 0 Å². The van der Waals surface area contributed by atoms with Crippen molar-refractivity contribution in [3.8, 4) is 0 Å². The largest absolute Gasteiger partial charge is 0.331 e. The standard InChI is InChI=1S/C23H25N5O2/c1-15(2)11-13-26-18-7-4-3-6-17(18)22(29)25-20(26)14-27-21-19(8-5-12-24-21)28(23(27)30)16-9-10-16/h3-8,12,15-16H,9-11,13-14H2,1-2H3. The third kappa shape index (κ3) is 3.14. The molecule has 1 aliphatic carbocycles. The van der Waals surface area contributed by atoms with Crippen molar-refractivity contribution < 1.29 is 0 Å². The van der Waals surface area contributed by atoms with Gasteiger partial charge in [0.15, 0.2) is 5.65 Å². The number of hydrogen-bond acceptors (Lipinski definition) is 4. The molecular weight excluding hydrogens is 378 g/mol. The zero-order valence-corrected chi connectivity index (χ0v) is 17.3. The van der Waals surface area contributed by atoms with Crippen LogP contribution < -0.4 is 11.2 Å². The highest BCUT2D eigenvalue weighted by molar-refractivity contribution is 5.78. The van der Waals surface area contributed by atoms with E-state index >= 15 is 0 Å². The first-order valence-electron chi connectivity index (χ1n) is 10.6. The Morgan fingerprint density at radius 2 is 1.80 bits per heavy atom. The minimum absolute atomic E-state index is 0.0796. The molecule has 1 saturated carbocycles. The van der Waals surface area contributed by atoms with E-state index in [0.29, 0.717) is 22.8 Å². The third-order valence-corrected chi connectivity index (χ3v) is 5.83.